The second-order valence-electron chi connectivity index (χ2n) is 10.7. The minimum Gasteiger partial charge on any atom is -0.482 e. The number of hydrogen-bond donors (Lipinski definition) is 1. The number of aryl methyl sites for hydroxylation is 2. The quantitative estimate of drug-likeness (QED) is 0.400. The van der Waals surface area contributed by atoms with Crippen LogP contribution in [0.3, 0.4) is 0 Å². The Labute approximate surface area is 219 Å². The summed E-state index contributed by atoms with van der Waals surface area (Å²) in [7, 11) is 1.54. The lowest BCUT2D eigenvalue weighted by molar-refractivity contribution is 0.00533. The van der Waals surface area contributed by atoms with Gasteiger partial charge in [0.15, 0.2) is 5.88 Å². The average Bonchev–Trinajstić information content (AvgIpc) is 3.62. The lowest BCUT2D eigenvalue weighted by Crippen LogP contribution is -2.40. The van der Waals surface area contributed by atoms with Gasteiger partial charge in [-0.2, -0.15) is 0 Å². The standard InChI is InChI=1S/C28H32F2N6O2/c1-5-18-7-6-16-10-22(34(26(16)32-18)14-28(3,29)30)25-15(2)35-23(33-25)11-17(12-24(35)38-4)27(37)36-19-8-9-21(36)20(31)13-19/h6-7,10-12,19-21H,5,8-9,13-14,31H2,1-4H3/t19-,20+,21+/m0/s1. The monoisotopic (exact) mass is 522 g/mol. The molecule has 0 aliphatic carbocycles. The molecule has 0 aromatic carbocycles. The molecule has 3 atom stereocenters. The van der Waals surface area contributed by atoms with Gasteiger partial charge in [0.25, 0.3) is 11.8 Å². The molecular weight excluding hydrogens is 490 g/mol. The second-order valence-corrected chi connectivity index (χ2v) is 10.7. The van der Waals surface area contributed by atoms with E-state index in [4.69, 9.17) is 15.5 Å². The number of ether oxygens (including phenoxy) is 1. The third-order valence-corrected chi connectivity index (χ3v) is 8.04. The molecular formula is C28H32F2N6O2. The van der Waals surface area contributed by atoms with E-state index in [2.05, 4.69) is 4.98 Å². The van der Waals surface area contributed by atoms with Crippen molar-refractivity contribution >= 4 is 22.6 Å². The zero-order valence-electron chi connectivity index (χ0n) is 22.0. The summed E-state index contributed by atoms with van der Waals surface area (Å²) in [5.74, 6) is -2.58. The van der Waals surface area contributed by atoms with Gasteiger partial charge < -0.3 is 19.9 Å². The topological polar surface area (TPSA) is 90.7 Å². The first-order valence-corrected chi connectivity index (χ1v) is 13.1. The first-order valence-electron chi connectivity index (χ1n) is 13.1. The van der Waals surface area contributed by atoms with E-state index in [1.807, 2.05) is 41.3 Å². The van der Waals surface area contributed by atoms with Crippen LogP contribution in [-0.4, -0.2) is 60.9 Å². The van der Waals surface area contributed by atoms with Crippen LogP contribution in [0.15, 0.2) is 30.3 Å². The third-order valence-electron chi connectivity index (χ3n) is 8.04. The molecule has 2 N–H and O–H groups in total. The lowest BCUT2D eigenvalue weighted by Gasteiger charge is -2.23. The van der Waals surface area contributed by atoms with Crippen molar-refractivity contribution in [3.63, 3.8) is 0 Å². The van der Waals surface area contributed by atoms with Crippen LogP contribution in [0.4, 0.5) is 8.78 Å². The number of amides is 1. The smallest absolute Gasteiger partial charge is 0.263 e. The van der Waals surface area contributed by atoms with Gasteiger partial charge in [-0.15, -0.1) is 0 Å². The summed E-state index contributed by atoms with van der Waals surface area (Å²) in [6.07, 6.45) is 3.41. The van der Waals surface area contributed by atoms with Crippen LogP contribution in [0, 0.1) is 6.92 Å². The van der Waals surface area contributed by atoms with Crippen molar-refractivity contribution in [3.05, 3.63) is 47.3 Å². The number of carbonyl (C=O) groups is 1. The predicted molar refractivity (Wildman–Crippen MR) is 141 cm³/mol. The molecule has 4 aromatic rings. The van der Waals surface area contributed by atoms with Gasteiger partial charge in [-0.25, -0.2) is 18.7 Å². The Kier molecular flexibility index (Phi) is 5.71. The van der Waals surface area contributed by atoms with E-state index >= 15 is 0 Å². The number of alkyl halides is 2. The molecule has 2 saturated heterocycles. The molecule has 1 amide bonds. The SMILES string of the molecule is CCc1ccc2cc(-c3nc4cc(C(=O)N5[C@H]6CC[C@@H]5[C@H](N)C6)cc(OC)n4c3C)n(CC(C)(F)F)c2n1. The maximum Gasteiger partial charge on any atom is 0.263 e. The van der Waals surface area contributed by atoms with Gasteiger partial charge in [0, 0.05) is 47.8 Å². The molecule has 38 heavy (non-hydrogen) atoms. The highest BCUT2D eigenvalue weighted by Gasteiger charge is 2.47. The van der Waals surface area contributed by atoms with Crippen LogP contribution in [0.25, 0.3) is 28.1 Å². The Bertz CT molecular complexity index is 1570. The number of methoxy groups -OCH3 is 1. The van der Waals surface area contributed by atoms with Gasteiger partial charge in [0.05, 0.1) is 25.0 Å². The lowest BCUT2D eigenvalue weighted by atomic mass is 9.97. The van der Waals surface area contributed by atoms with Gasteiger partial charge in [0.2, 0.25) is 0 Å². The van der Waals surface area contributed by atoms with E-state index in [-0.39, 0.29) is 24.0 Å². The van der Waals surface area contributed by atoms with E-state index in [1.54, 1.807) is 23.8 Å². The number of hydrogen-bond acceptors (Lipinski definition) is 5. The van der Waals surface area contributed by atoms with Crippen LogP contribution < -0.4 is 10.5 Å². The zero-order valence-corrected chi connectivity index (χ0v) is 22.0. The van der Waals surface area contributed by atoms with E-state index < -0.39 is 12.5 Å². The molecule has 6 heterocycles. The van der Waals surface area contributed by atoms with Gasteiger partial charge >= 0.3 is 0 Å². The maximum atomic E-state index is 14.4. The molecule has 2 fully saturated rings. The second kappa shape index (κ2) is 8.76. The molecule has 6 rings (SSSR count). The molecule has 10 heteroatoms. The van der Waals surface area contributed by atoms with Gasteiger partial charge in [-0.05, 0) is 56.9 Å². The number of nitrogens with two attached hydrogens (primary N) is 1. The Morgan fingerprint density at radius 1 is 1.21 bits per heavy atom. The first kappa shape index (κ1) is 24.8. The van der Waals surface area contributed by atoms with Crippen molar-refractivity contribution in [2.75, 3.05) is 7.11 Å². The first-order chi connectivity index (χ1) is 18.1. The summed E-state index contributed by atoms with van der Waals surface area (Å²) in [4.78, 5) is 25.0. The number of pyridine rings is 2. The van der Waals surface area contributed by atoms with Crippen molar-refractivity contribution in [1.29, 1.82) is 0 Å². The van der Waals surface area contributed by atoms with Gasteiger partial charge in [-0.3, -0.25) is 9.20 Å². The number of imidazole rings is 1. The van der Waals surface area contributed by atoms with E-state index in [9.17, 15) is 13.6 Å². The van der Waals surface area contributed by atoms with Gasteiger partial charge in [0.1, 0.15) is 17.0 Å². The largest absolute Gasteiger partial charge is 0.482 e. The van der Waals surface area contributed by atoms with E-state index in [0.717, 1.165) is 43.0 Å². The van der Waals surface area contributed by atoms with Crippen molar-refractivity contribution in [2.45, 2.75) is 77.0 Å². The summed E-state index contributed by atoms with van der Waals surface area (Å²) in [6.45, 7) is 4.23. The number of carbonyl (C=O) groups excluding carboxylic acids is 1. The van der Waals surface area contributed by atoms with E-state index in [0.29, 0.717) is 40.5 Å². The number of aromatic nitrogens is 4. The predicted octanol–water partition coefficient (Wildman–Crippen LogP) is 4.59. The maximum absolute atomic E-state index is 14.4. The average molecular weight is 523 g/mol. The minimum atomic E-state index is -2.95. The van der Waals surface area contributed by atoms with Crippen LogP contribution >= 0.6 is 0 Å². The highest BCUT2D eigenvalue weighted by atomic mass is 19.3. The summed E-state index contributed by atoms with van der Waals surface area (Å²) < 4.78 is 37.8. The molecule has 0 radical (unpaired) electrons. The Balaban J connectivity index is 1.50. The Morgan fingerprint density at radius 3 is 2.63 bits per heavy atom. The third kappa shape index (κ3) is 3.84. The fourth-order valence-electron chi connectivity index (χ4n) is 6.29. The highest BCUT2D eigenvalue weighted by molar-refractivity contribution is 5.96. The zero-order chi connectivity index (χ0) is 26.9. The normalized spacial score (nSPS) is 21.2. The Hall–Kier alpha value is -3.53. The fourth-order valence-corrected chi connectivity index (χ4v) is 6.29. The van der Waals surface area contributed by atoms with Crippen LogP contribution in [-0.2, 0) is 13.0 Å². The van der Waals surface area contributed by atoms with Crippen LogP contribution in [0.2, 0.25) is 0 Å². The minimum absolute atomic E-state index is 0.00375. The van der Waals surface area contributed by atoms with Crippen molar-refractivity contribution in [3.8, 4) is 17.3 Å². The summed E-state index contributed by atoms with van der Waals surface area (Å²) in [5, 5.41) is 0.765. The van der Waals surface area contributed by atoms with Crippen molar-refractivity contribution in [2.24, 2.45) is 5.73 Å². The van der Waals surface area contributed by atoms with Crippen molar-refractivity contribution < 1.29 is 18.3 Å². The van der Waals surface area contributed by atoms with E-state index in [1.165, 1.54) is 0 Å². The molecule has 8 nitrogen and oxygen atoms in total. The number of rotatable bonds is 6. The fraction of sp³-hybridized carbons (Fsp3) is 0.464. The summed E-state index contributed by atoms with van der Waals surface area (Å²) in [6, 6.07) is 9.37. The molecule has 0 spiro atoms. The summed E-state index contributed by atoms with van der Waals surface area (Å²) in [5.41, 5.74) is 10.4. The molecule has 2 aliphatic heterocycles. The molecule has 200 valence electrons. The van der Waals surface area contributed by atoms with Crippen molar-refractivity contribution in [1.82, 2.24) is 23.8 Å². The molecule has 4 aromatic heterocycles. The highest BCUT2D eigenvalue weighted by Crippen LogP contribution is 2.39. The van der Waals surface area contributed by atoms with Gasteiger partial charge in [-0.1, -0.05) is 6.92 Å². The molecule has 0 unspecified atom stereocenters. The molecule has 2 bridgehead atoms. The number of fused-ring (bicyclic) bond motifs is 4. The van der Waals surface area contributed by atoms with Crippen LogP contribution in [0.5, 0.6) is 5.88 Å². The molecule has 2 aliphatic rings. The van der Waals surface area contributed by atoms with Crippen LogP contribution in [0.1, 0.15) is 54.9 Å². The molecule has 0 saturated carbocycles. The summed E-state index contributed by atoms with van der Waals surface area (Å²) >= 11 is 0. The number of halogens is 2. The number of nitrogens with zero attached hydrogens (tertiary/aromatic N) is 5. The Morgan fingerprint density at radius 2 is 2.00 bits per heavy atom.